The Balaban J connectivity index is 1.74. The van der Waals surface area contributed by atoms with Gasteiger partial charge in [-0.2, -0.15) is 5.10 Å². The molecule has 0 radical (unpaired) electrons. The van der Waals surface area contributed by atoms with E-state index in [-0.39, 0.29) is 12.1 Å². The summed E-state index contributed by atoms with van der Waals surface area (Å²) < 4.78 is 1.94. The monoisotopic (exact) mass is 321 g/mol. The van der Waals surface area contributed by atoms with Crippen molar-refractivity contribution in [3.63, 3.8) is 0 Å². The number of aryl methyl sites for hydroxylation is 2. The van der Waals surface area contributed by atoms with Gasteiger partial charge in [0.25, 0.3) is 0 Å². The van der Waals surface area contributed by atoms with Gasteiger partial charge in [-0.25, -0.2) is 4.79 Å². The molecule has 23 heavy (non-hydrogen) atoms. The Morgan fingerprint density at radius 2 is 2.22 bits per heavy atom. The fourth-order valence-corrected chi connectivity index (χ4v) is 3.36. The molecule has 1 fully saturated rings. The molecule has 6 nitrogen and oxygen atoms in total. The molecule has 1 aromatic rings. The molecule has 1 aliphatic heterocycles. The molecule has 0 aliphatic carbocycles. The van der Waals surface area contributed by atoms with Crippen molar-refractivity contribution in [1.29, 1.82) is 0 Å². The van der Waals surface area contributed by atoms with Crippen LogP contribution in [0.15, 0.2) is 6.07 Å². The lowest BCUT2D eigenvalue weighted by atomic mass is 10.0. The summed E-state index contributed by atoms with van der Waals surface area (Å²) in [6, 6.07) is 2.49. The number of nitrogens with zero attached hydrogens (tertiary/aromatic N) is 3. The lowest BCUT2D eigenvalue weighted by Crippen LogP contribution is -2.50. The van der Waals surface area contributed by atoms with E-state index in [1.165, 1.54) is 19.3 Å². The number of likely N-dealkylation sites (tertiary alicyclic amines) is 1. The van der Waals surface area contributed by atoms with E-state index in [0.717, 1.165) is 31.0 Å². The quantitative estimate of drug-likeness (QED) is 0.843. The molecule has 2 atom stereocenters. The van der Waals surface area contributed by atoms with E-state index in [2.05, 4.69) is 33.6 Å². The lowest BCUT2D eigenvalue weighted by Gasteiger charge is -2.35. The number of rotatable bonds is 6. The Kier molecular flexibility index (Phi) is 6.45. The van der Waals surface area contributed by atoms with E-state index in [4.69, 9.17) is 0 Å². The third-order valence-corrected chi connectivity index (χ3v) is 4.58. The molecule has 1 aromatic heterocycles. The standard InChI is InChI=1S/C17H31N5O/c1-5-21-9-7-6-8-16(21)11-18-17(23)19-14(3)12-22-15(4)10-13(2)20-22/h10,14,16H,5-9,11-12H2,1-4H3,(H2,18,19,23)/t14-,16-/m0/s1. The van der Waals surface area contributed by atoms with Gasteiger partial charge < -0.3 is 10.6 Å². The molecule has 0 unspecified atom stereocenters. The van der Waals surface area contributed by atoms with Crippen LogP contribution in [0.5, 0.6) is 0 Å². The highest BCUT2D eigenvalue weighted by Gasteiger charge is 2.21. The second kappa shape index (κ2) is 8.34. The topological polar surface area (TPSA) is 62.2 Å². The van der Waals surface area contributed by atoms with Crippen molar-refractivity contribution in [3.05, 3.63) is 17.5 Å². The summed E-state index contributed by atoms with van der Waals surface area (Å²) in [5.41, 5.74) is 2.13. The van der Waals surface area contributed by atoms with Crippen LogP contribution < -0.4 is 10.6 Å². The van der Waals surface area contributed by atoms with E-state index >= 15 is 0 Å². The van der Waals surface area contributed by atoms with Gasteiger partial charge in [0.2, 0.25) is 0 Å². The fourth-order valence-electron chi connectivity index (χ4n) is 3.36. The largest absolute Gasteiger partial charge is 0.337 e. The van der Waals surface area contributed by atoms with Crippen LogP contribution in [-0.4, -0.2) is 52.4 Å². The number of carbonyl (C=O) groups excluding carboxylic acids is 1. The van der Waals surface area contributed by atoms with Crippen molar-refractivity contribution in [2.24, 2.45) is 0 Å². The van der Waals surface area contributed by atoms with Gasteiger partial charge in [-0.3, -0.25) is 9.58 Å². The van der Waals surface area contributed by atoms with E-state index < -0.39 is 0 Å². The Morgan fingerprint density at radius 3 is 2.87 bits per heavy atom. The van der Waals surface area contributed by atoms with Crippen LogP contribution in [0.3, 0.4) is 0 Å². The van der Waals surface area contributed by atoms with Gasteiger partial charge in [-0.05, 0) is 52.8 Å². The van der Waals surface area contributed by atoms with Crippen molar-refractivity contribution < 1.29 is 4.79 Å². The molecule has 2 heterocycles. The van der Waals surface area contributed by atoms with Gasteiger partial charge in [-0.15, -0.1) is 0 Å². The predicted octanol–water partition coefficient (Wildman–Crippen LogP) is 2.06. The van der Waals surface area contributed by atoms with E-state index in [1.54, 1.807) is 0 Å². The van der Waals surface area contributed by atoms with Crippen molar-refractivity contribution >= 4 is 6.03 Å². The molecule has 6 heteroatoms. The van der Waals surface area contributed by atoms with Gasteiger partial charge in [0.1, 0.15) is 0 Å². The van der Waals surface area contributed by atoms with Crippen molar-refractivity contribution in [3.8, 4) is 0 Å². The summed E-state index contributed by atoms with van der Waals surface area (Å²) in [6.07, 6.45) is 3.71. The summed E-state index contributed by atoms with van der Waals surface area (Å²) in [5, 5.41) is 10.5. The van der Waals surface area contributed by atoms with Gasteiger partial charge in [0.15, 0.2) is 0 Å². The van der Waals surface area contributed by atoms with E-state index in [1.807, 2.05) is 25.5 Å². The zero-order valence-corrected chi connectivity index (χ0v) is 14.9. The maximum atomic E-state index is 12.1. The zero-order valence-electron chi connectivity index (χ0n) is 14.9. The van der Waals surface area contributed by atoms with Crippen LogP contribution in [0.4, 0.5) is 4.79 Å². The highest BCUT2D eigenvalue weighted by molar-refractivity contribution is 5.74. The normalized spacial score (nSPS) is 20.3. The first kappa shape index (κ1) is 17.8. The maximum Gasteiger partial charge on any atom is 0.315 e. The molecular weight excluding hydrogens is 290 g/mol. The number of likely N-dealkylation sites (N-methyl/N-ethyl adjacent to an activating group) is 1. The molecule has 2 amide bonds. The molecule has 2 N–H and O–H groups in total. The SMILES string of the molecule is CCN1CCCC[C@H]1CNC(=O)N[C@@H](C)Cn1nc(C)cc1C. The minimum absolute atomic E-state index is 0.0432. The summed E-state index contributed by atoms with van der Waals surface area (Å²) in [6.45, 7) is 11.8. The van der Waals surface area contributed by atoms with Crippen LogP contribution in [-0.2, 0) is 6.54 Å². The summed E-state index contributed by atoms with van der Waals surface area (Å²) in [7, 11) is 0. The Morgan fingerprint density at radius 1 is 1.43 bits per heavy atom. The van der Waals surface area contributed by atoms with Gasteiger partial charge in [0, 0.05) is 24.3 Å². The number of hydrogen-bond acceptors (Lipinski definition) is 3. The molecule has 1 saturated heterocycles. The highest BCUT2D eigenvalue weighted by Crippen LogP contribution is 2.15. The molecule has 0 bridgehead atoms. The lowest BCUT2D eigenvalue weighted by molar-refractivity contribution is 0.153. The third-order valence-electron chi connectivity index (χ3n) is 4.58. The average Bonchev–Trinajstić information content (AvgIpc) is 2.82. The number of aromatic nitrogens is 2. The average molecular weight is 321 g/mol. The molecule has 1 aliphatic rings. The van der Waals surface area contributed by atoms with Crippen LogP contribution in [0.25, 0.3) is 0 Å². The van der Waals surface area contributed by atoms with Gasteiger partial charge >= 0.3 is 6.03 Å². The summed E-state index contributed by atoms with van der Waals surface area (Å²) >= 11 is 0. The smallest absolute Gasteiger partial charge is 0.315 e. The number of urea groups is 1. The number of carbonyl (C=O) groups is 1. The van der Waals surface area contributed by atoms with Crippen LogP contribution in [0.1, 0.15) is 44.5 Å². The molecule has 2 rings (SSSR count). The molecule has 0 aromatic carbocycles. The first-order chi connectivity index (χ1) is 11.0. The van der Waals surface area contributed by atoms with Crippen LogP contribution >= 0.6 is 0 Å². The van der Waals surface area contributed by atoms with Gasteiger partial charge in [-0.1, -0.05) is 13.3 Å². The number of nitrogens with one attached hydrogen (secondary N) is 2. The summed E-state index contributed by atoms with van der Waals surface area (Å²) in [5.74, 6) is 0. The molecule has 0 saturated carbocycles. The first-order valence-electron chi connectivity index (χ1n) is 8.79. The Bertz CT molecular complexity index is 513. The minimum atomic E-state index is -0.0827. The fraction of sp³-hybridized carbons (Fsp3) is 0.765. The zero-order chi connectivity index (χ0) is 16.8. The second-order valence-corrected chi connectivity index (χ2v) is 6.64. The van der Waals surface area contributed by atoms with Crippen molar-refractivity contribution in [2.45, 2.75) is 65.6 Å². The maximum absolute atomic E-state index is 12.1. The number of amides is 2. The molecule has 0 spiro atoms. The molecule has 130 valence electrons. The second-order valence-electron chi connectivity index (χ2n) is 6.64. The van der Waals surface area contributed by atoms with Crippen LogP contribution in [0, 0.1) is 13.8 Å². The number of hydrogen-bond donors (Lipinski definition) is 2. The summed E-state index contributed by atoms with van der Waals surface area (Å²) in [4.78, 5) is 14.6. The van der Waals surface area contributed by atoms with Gasteiger partial charge in [0.05, 0.1) is 12.2 Å². The third kappa shape index (κ3) is 5.23. The van der Waals surface area contributed by atoms with E-state index in [9.17, 15) is 4.79 Å². The Labute approximate surface area is 139 Å². The number of piperidine rings is 1. The highest BCUT2D eigenvalue weighted by atomic mass is 16.2. The van der Waals surface area contributed by atoms with Crippen LogP contribution in [0.2, 0.25) is 0 Å². The van der Waals surface area contributed by atoms with Crippen molar-refractivity contribution in [2.75, 3.05) is 19.6 Å². The first-order valence-corrected chi connectivity index (χ1v) is 8.79. The van der Waals surface area contributed by atoms with E-state index in [0.29, 0.717) is 12.6 Å². The molecular formula is C17H31N5O. The minimum Gasteiger partial charge on any atom is -0.337 e. The predicted molar refractivity (Wildman–Crippen MR) is 92.6 cm³/mol. The van der Waals surface area contributed by atoms with Crippen molar-refractivity contribution in [1.82, 2.24) is 25.3 Å². The Hall–Kier alpha value is -1.56.